The zero-order chi connectivity index (χ0) is 35.8. The van der Waals surface area contributed by atoms with Crippen LogP contribution in [0.5, 0.6) is 0 Å². The molecule has 0 spiro atoms. The summed E-state index contributed by atoms with van der Waals surface area (Å²) in [5, 5.41) is 13.5. The zero-order valence-corrected chi connectivity index (χ0v) is 30.5. The van der Waals surface area contributed by atoms with Gasteiger partial charge in [-0.15, -0.1) is 4.98 Å². The lowest BCUT2D eigenvalue weighted by molar-refractivity contribution is 0.0484. The Morgan fingerprint density at radius 3 is 2.02 bits per heavy atom. The van der Waals surface area contributed by atoms with Crippen molar-refractivity contribution in [3.63, 3.8) is 0 Å². The van der Waals surface area contributed by atoms with E-state index >= 15 is 0 Å². The van der Waals surface area contributed by atoms with Crippen LogP contribution in [0.4, 0.5) is 21.2 Å². The number of H-pyrrole nitrogens is 1. The number of aromatic amines is 1. The van der Waals surface area contributed by atoms with Crippen molar-refractivity contribution in [3.8, 4) is 0 Å². The Hall–Kier alpha value is -4.26. The lowest BCUT2D eigenvalue weighted by Crippen LogP contribution is -2.46. The number of alkyl carbamates (subject to hydrolysis) is 2. The van der Waals surface area contributed by atoms with Gasteiger partial charge >= 0.3 is 12.2 Å². The number of hydrogen-bond donors (Lipinski definition) is 5. The van der Waals surface area contributed by atoms with Crippen LogP contribution in [-0.4, -0.2) is 86.6 Å². The van der Waals surface area contributed by atoms with E-state index in [-0.39, 0.29) is 24.3 Å². The van der Waals surface area contributed by atoms with Crippen molar-refractivity contribution in [2.24, 2.45) is 0 Å². The van der Waals surface area contributed by atoms with Gasteiger partial charge in [-0.2, -0.15) is 5.32 Å². The maximum Gasteiger partial charge on any atom is 0.407 e. The monoisotopic (exact) mass is 697 g/mol. The van der Waals surface area contributed by atoms with Gasteiger partial charge < -0.3 is 35.3 Å². The molecule has 0 aliphatic carbocycles. The number of allylic oxidation sites excluding steroid dienone is 1. The van der Waals surface area contributed by atoms with Crippen molar-refractivity contribution in [2.75, 3.05) is 36.4 Å². The topological polar surface area (TPSA) is 171 Å². The highest BCUT2D eigenvalue weighted by Gasteiger charge is 2.29. The van der Waals surface area contributed by atoms with Gasteiger partial charge in [0.2, 0.25) is 10.7 Å². The maximum absolute atomic E-state index is 11.9. The first-order valence-corrected chi connectivity index (χ1v) is 17.1. The largest absolute Gasteiger partial charge is 0.444 e. The van der Waals surface area contributed by atoms with Crippen molar-refractivity contribution >= 4 is 52.0 Å². The molecule has 266 valence electrons. The molecule has 2 fully saturated rings. The molecule has 3 aliphatic heterocycles. The third kappa shape index (κ3) is 11.4. The zero-order valence-electron chi connectivity index (χ0n) is 29.8. The number of fused-ring (bicyclic) bond motifs is 2. The van der Waals surface area contributed by atoms with Crippen molar-refractivity contribution in [1.29, 1.82) is 0 Å². The average molecular weight is 698 g/mol. The first-order chi connectivity index (χ1) is 23.1. The third-order valence-corrected chi connectivity index (χ3v) is 8.05. The van der Waals surface area contributed by atoms with E-state index in [4.69, 9.17) is 21.1 Å². The minimum absolute atomic E-state index is 0.140. The molecule has 49 heavy (non-hydrogen) atoms. The fraction of sp³-hybridized carbons (Fsp3) is 0.588. The van der Waals surface area contributed by atoms with Crippen LogP contribution < -0.4 is 26.2 Å². The highest BCUT2D eigenvalue weighted by Crippen LogP contribution is 2.31. The normalized spacial score (nSPS) is 16.4. The second kappa shape index (κ2) is 16.4. The van der Waals surface area contributed by atoms with E-state index in [0.717, 1.165) is 91.2 Å². The standard InChI is InChI=1S/C17H25N5O2.C10H20N2O2.C7H5ClN3/c1-11-9-18-14-13(11)15(20-10-19-14)22-7-5-12(6-8-22)21-16(23)24-17(2,3)4;1-10(2,3)14-9(13)12-8-4-6-11-7-5-8;1-4-2-9-7-5(4)6(8)10-3-11-7/h9-10,12H,5-8H2,1-4H3,(H,21,23)(H,18,19,20);8,11H,4-7H2,1-3H3,(H,12,13);3H,1H3,(H,9,10,11)/q;;+1. The molecule has 15 heteroatoms. The summed E-state index contributed by atoms with van der Waals surface area (Å²) >= 11 is 5.81. The molecule has 0 aromatic carbocycles. The number of halogens is 1. The summed E-state index contributed by atoms with van der Waals surface area (Å²) in [7, 11) is 0. The Balaban J connectivity index is 0.000000183. The van der Waals surface area contributed by atoms with Crippen LogP contribution in [0.2, 0.25) is 5.15 Å². The van der Waals surface area contributed by atoms with E-state index < -0.39 is 11.2 Å². The van der Waals surface area contributed by atoms with Crippen LogP contribution in [0, 0.1) is 13.1 Å². The van der Waals surface area contributed by atoms with Crippen molar-refractivity contribution in [3.05, 3.63) is 41.3 Å². The predicted molar refractivity (Wildman–Crippen MR) is 191 cm³/mol. The maximum atomic E-state index is 11.9. The molecule has 6 heterocycles. The molecule has 3 aliphatic rings. The molecule has 2 saturated heterocycles. The van der Waals surface area contributed by atoms with E-state index in [0.29, 0.717) is 5.15 Å². The van der Waals surface area contributed by atoms with Crippen LogP contribution in [-0.2, 0) is 9.47 Å². The van der Waals surface area contributed by atoms with Crippen LogP contribution in [0.25, 0.3) is 16.6 Å². The second-order valence-corrected chi connectivity index (χ2v) is 14.6. The van der Waals surface area contributed by atoms with Crippen molar-refractivity contribution < 1.29 is 19.1 Å². The van der Waals surface area contributed by atoms with Crippen LogP contribution in [0.3, 0.4) is 0 Å². The first kappa shape index (κ1) is 37.6. The molecular weight excluding hydrogens is 648 g/mol. The molecule has 0 atom stereocenters. The number of aryl methyl sites for hydroxylation is 1. The van der Waals surface area contributed by atoms with Gasteiger partial charge in [-0.05, 0) is 111 Å². The molecule has 0 radical (unpaired) electrons. The summed E-state index contributed by atoms with van der Waals surface area (Å²) in [5.74, 6) is 1.71. The molecule has 0 unspecified atom stereocenters. The molecular formula is C34H50ClN10O4+. The fourth-order valence-electron chi connectivity index (χ4n) is 5.49. The SMILES string of the molecule is CC(C)(C)OC(=O)NC1CCNCC1.CC1=[C+]Nc2ncnc(Cl)c21.Cc1c[nH]c2ncnc(N3CCC(NC(=O)OC(C)(C)C)CC3)c12. The van der Waals surface area contributed by atoms with E-state index in [1.54, 1.807) is 6.33 Å². The van der Waals surface area contributed by atoms with Crippen LogP contribution in [0.15, 0.2) is 18.9 Å². The van der Waals surface area contributed by atoms with Crippen molar-refractivity contribution in [2.45, 2.75) is 104 Å². The van der Waals surface area contributed by atoms with Gasteiger partial charge in [-0.1, -0.05) is 0 Å². The number of aromatic nitrogens is 5. The predicted octanol–water partition coefficient (Wildman–Crippen LogP) is 5.74. The Morgan fingerprint density at radius 2 is 1.45 bits per heavy atom. The molecule has 14 nitrogen and oxygen atoms in total. The van der Waals surface area contributed by atoms with Crippen molar-refractivity contribution in [1.82, 2.24) is 40.9 Å². The number of piperidine rings is 2. The Morgan fingerprint density at radius 1 is 0.878 bits per heavy atom. The van der Waals surface area contributed by atoms with E-state index in [9.17, 15) is 9.59 Å². The van der Waals surface area contributed by atoms with Crippen LogP contribution >= 0.6 is 11.6 Å². The van der Waals surface area contributed by atoms with E-state index in [1.807, 2.05) is 54.7 Å². The summed E-state index contributed by atoms with van der Waals surface area (Å²) in [4.78, 5) is 45.3. The number of hydrogen-bond acceptors (Lipinski definition) is 11. The number of amides is 2. The molecule has 3 aromatic rings. The van der Waals surface area contributed by atoms with Gasteiger partial charge in [0.15, 0.2) is 5.57 Å². The lowest BCUT2D eigenvalue weighted by Gasteiger charge is -2.33. The van der Waals surface area contributed by atoms with Gasteiger partial charge in [-0.3, -0.25) is 0 Å². The molecule has 2 amide bonds. The number of carbonyl (C=O) groups excluding carboxylic acids is 2. The van der Waals surface area contributed by atoms with E-state index in [2.05, 4.69) is 64.2 Å². The highest BCUT2D eigenvalue weighted by atomic mass is 35.5. The Bertz CT molecular complexity index is 1600. The summed E-state index contributed by atoms with van der Waals surface area (Å²) in [5.41, 5.74) is 2.95. The highest BCUT2D eigenvalue weighted by molar-refractivity contribution is 6.31. The second-order valence-electron chi connectivity index (χ2n) is 14.2. The smallest absolute Gasteiger partial charge is 0.407 e. The van der Waals surface area contributed by atoms with Gasteiger partial charge in [0, 0.05) is 31.4 Å². The van der Waals surface area contributed by atoms with Crippen LogP contribution in [0.1, 0.15) is 85.3 Å². The number of ether oxygens (including phenoxy) is 2. The molecule has 3 aromatic heterocycles. The number of nitrogens with zero attached hydrogens (tertiary/aromatic N) is 5. The minimum Gasteiger partial charge on any atom is -0.444 e. The number of anilines is 2. The summed E-state index contributed by atoms with van der Waals surface area (Å²) in [6.45, 7) is 18.8. The average Bonchev–Trinajstić information content (AvgIpc) is 3.60. The van der Waals surface area contributed by atoms with Gasteiger partial charge in [0.05, 0.1) is 5.39 Å². The lowest BCUT2D eigenvalue weighted by atomic mass is 10.0. The van der Waals surface area contributed by atoms with Gasteiger partial charge in [-0.25, -0.2) is 24.5 Å². The third-order valence-electron chi connectivity index (χ3n) is 7.77. The molecule has 5 N–H and O–H groups in total. The molecule has 0 bridgehead atoms. The minimum atomic E-state index is -0.469. The summed E-state index contributed by atoms with van der Waals surface area (Å²) in [6.07, 6.45) is 11.0. The number of carbonyl (C=O) groups is 2. The quantitative estimate of drug-likeness (QED) is 0.167. The number of rotatable bonds is 3. The van der Waals surface area contributed by atoms with E-state index in [1.165, 1.54) is 6.33 Å². The first-order valence-electron chi connectivity index (χ1n) is 16.7. The number of nitrogens with one attached hydrogen (secondary N) is 5. The fourth-order valence-corrected chi connectivity index (χ4v) is 5.77. The Labute approximate surface area is 293 Å². The Kier molecular flexibility index (Phi) is 12.6. The molecule has 0 saturated carbocycles. The summed E-state index contributed by atoms with van der Waals surface area (Å²) < 4.78 is 10.5. The van der Waals surface area contributed by atoms with Gasteiger partial charge in [0.25, 0.3) is 5.82 Å². The van der Waals surface area contributed by atoms with Gasteiger partial charge in [0.1, 0.15) is 41.5 Å². The summed E-state index contributed by atoms with van der Waals surface area (Å²) in [6, 6.07) is 0.409. The molecule has 6 rings (SSSR count).